The summed E-state index contributed by atoms with van der Waals surface area (Å²) in [4.78, 5) is 39.7. The average Bonchev–Trinajstić information content (AvgIpc) is 2.96. The molecule has 2 aliphatic rings. The highest BCUT2D eigenvalue weighted by Gasteiger charge is 2.41. The summed E-state index contributed by atoms with van der Waals surface area (Å²) in [5, 5.41) is 33.8. The van der Waals surface area contributed by atoms with Crippen molar-refractivity contribution in [2.75, 3.05) is 0 Å². The lowest BCUT2D eigenvalue weighted by Crippen LogP contribution is -2.46. The first-order valence-electron chi connectivity index (χ1n) is 14.7. The Morgan fingerprint density at radius 3 is 2.49 bits per heavy atom. The number of benzene rings is 3. The molecule has 3 N–H and O–H groups in total. The van der Waals surface area contributed by atoms with E-state index in [9.17, 15) is 29.7 Å². The fourth-order valence-electron chi connectivity index (χ4n) is 6.00. The summed E-state index contributed by atoms with van der Waals surface area (Å²) in [5.41, 5.74) is 1.12. The molecule has 0 amide bonds. The molecule has 0 radical (unpaired) electrons. The highest BCUT2D eigenvalue weighted by Crippen LogP contribution is 2.44. The Hall–Kier alpha value is -4.27. The van der Waals surface area contributed by atoms with Crippen molar-refractivity contribution in [3.63, 3.8) is 0 Å². The molecule has 0 unspecified atom stereocenters. The molecule has 1 heterocycles. The summed E-state index contributed by atoms with van der Waals surface area (Å²) in [5.74, 6) is -2.13. The fourth-order valence-corrected chi connectivity index (χ4v) is 6.00. The van der Waals surface area contributed by atoms with Crippen molar-refractivity contribution in [1.82, 2.24) is 0 Å². The number of fused-ring (bicyclic) bond motifs is 4. The zero-order valence-electron chi connectivity index (χ0n) is 24.5. The number of unbranched alkanes of at least 4 members (excludes halogenated alkanes) is 3. The lowest BCUT2D eigenvalue weighted by Gasteiger charge is -2.38. The number of phenolic OH excluding ortho intramolecular Hbond substituents is 2. The third-order valence-corrected chi connectivity index (χ3v) is 8.12. The van der Waals surface area contributed by atoms with E-state index in [1.54, 1.807) is 25.1 Å². The van der Waals surface area contributed by atoms with Gasteiger partial charge in [0.25, 0.3) is 0 Å². The summed E-state index contributed by atoms with van der Waals surface area (Å²) < 4.78 is 11.5. The van der Waals surface area contributed by atoms with E-state index in [1.165, 1.54) is 30.3 Å². The van der Waals surface area contributed by atoms with Crippen LogP contribution >= 0.6 is 0 Å². The Balaban J connectivity index is 1.34. The van der Waals surface area contributed by atoms with Crippen LogP contribution in [0.3, 0.4) is 0 Å². The second-order valence-corrected chi connectivity index (χ2v) is 11.3. The van der Waals surface area contributed by atoms with E-state index in [-0.39, 0.29) is 40.0 Å². The number of carbonyl (C=O) groups is 3. The van der Waals surface area contributed by atoms with E-state index in [0.29, 0.717) is 10.8 Å². The van der Waals surface area contributed by atoms with Gasteiger partial charge in [-0.05, 0) is 55.8 Å². The number of esters is 1. The molecule has 1 fully saturated rings. The molecule has 1 aliphatic heterocycles. The predicted molar refractivity (Wildman–Crippen MR) is 162 cm³/mol. The molecule has 224 valence electrons. The number of aromatic hydroxyl groups is 2. The fraction of sp³-hybridized carbons (Fsp3) is 0.343. The van der Waals surface area contributed by atoms with Gasteiger partial charge in [-0.3, -0.25) is 9.59 Å². The number of hydrogen-bond acceptors (Lipinski definition) is 8. The molecule has 4 atom stereocenters. The first-order chi connectivity index (χ1) is 20.6. The van der Waals surface area contributed by atoms with Crippen molar-refractivity contribution >= 4 is 28.3 Å². The number of aliphatic hydroxyl groups is 1. The lowest BCUT2D eigenvalue weighted by molar-refractivity contribution is -0.190. The molecule has 43 heavy (non-hydrogen) atoms. The van der Waals surface area contributed by atoms with Crippen LogP contribution in [0, 0.1) is 6.92 Å². The molecular weight excluding hydrogens is 548 g/mol. The Kier molecular flexibility index (Phi) is 8.80. The number of rotatable bonds is 8. The van der Waals surface area contributed by atoms with Crippen LogP contribution in [0.5, 0.6) is 11.5 Å². The van der Waals surface area contributed by atoms with Gasteiger partial charge in [0.2, 0.25) is 0 Å². The summed E-state index contributed by atoms with van der Waals surface area (Å²) >= 11 is 0. The Morgan fingerprint density at radius 1 is 1.02 bits per heavy atom. The molecule has 8 heteroatoms. The average molecular weight is 585 g/mol. The molecule has 1 aliphatic carbocycles. The standard InChI is InChI=1S/C35H36O8/c1-4-5-6-7-8-9-10-11-28(38)43-35-20(3)42-27(18-26(35)37)22-14-15-24-31(32(22)39)34(41)23-13-12-21-16-19(2)17-25(36)29(21)30(23)33(24)40/h8-17,20,26-27,35-37,39H,4-7,18H2,1-3H3/t20-,26+,27-,35-/m1/s1. The summed E-state index contributed by atoms with van der Waals surface area (Å²) in [6.45, 7) is 5.62. The van der Waals surface area contributed by atoms with Gasteiger partial charge in [-0.15, -0.1) is 0 Å². The molecule has 5 rings (SSSR count). The minimum absolute atomic E-state index is 0.00767. The zero-order chi connectivity index (χ0) is 30.8. The first-order valence-corrected chi connectivity index (χ1v) is 14.7. The van der Waals surface area contributed by atoms with Crippen molar-refractivity contribution in [1.29, 1.82) is 0 Å². The number of ether oxygens (including phenoxy) is 2. The highest BCUT2D eigenvalue weighted by atomic mass is 16.6. The molecule has 0 spiro atoms. The van der Waals surface area contributed by atoms with Crippen molar-refractivity contribution in [2.24, 2.45) is 0 Å². The number of aryl methyl sites for hydroxylation is 1. The first kappa shape index (κ1) is 30.2. The monoisotopic (exact) mass is 584 g/mol. The third kappa shape index (κ3) is 5.85. The molecule has 3 aromatic rings. The number of phenols is 2. The molecule has 0 aromatic heterocycles. The summed E-state index contributed by atoms with van der Waals surface area (Å²) in [6, 6.07) is 9.53. The van der Waals surface area contributed by atoms with E-state index in [4.69, 9.17) is 9.47 Å². The maximum Gasteiger partial charge on any atom is 0.331 e. The smallest absolute Gasteiger partial charge is 0.331 e. The van der Waals surface area contributed by atoms with Gasteiger partial charge in [0.1, 0.15) is 11.5 Å². The molecule has 1 saturated heterocycles. The number of hydrogen-bond donors (Lipinski definition) is 3. The number of ketones is 2. The molecule has 0 saturated carbocycles. The van der Waals surface area contributed by atoms with Gasteiger partial charge in [0.05, 0.1) is 23.9 Å². The normalized spacial score (nSPS) is 21.9. The van der Waals surface area contributed by atoms with Crippen LogP contribution in [-0.4, -0.2) is 51.2 Å². The Bertz CT molecular complexity index is 1640. The van der Waals surface area contributed by atoms with Crippen molar-refractivity contribution in [3.05, 3.63) is 94.1 Å². The number of aliphatic hydroxyl groups excluding tert-OH is 1. The molecular formula is C35H36O8. The van der Waals surface area contributed by atoms with Crippen molar-refractivity contribution < 1.29 is 39.2 Å². The van der Waals surface area contributed by atoms with Crippen LogP contribution in [0.2, 0.25) is 0 Å². The number of allylic oxidation sites excluding steroid dienone is 3. The summed E-state index contributed by atoms with van der Waals surface area (Å²) in [6.07, 6.45) is 7.42. The third-order valence-electron chi connectivity index (χ3n) is 8.12. The van der Waals surface area contributed by atoms with E-state index < -0.39 is 47.7 Å². The lowest BCUT2D eigenvalue weighted by atomic mass is 9.79. The minimum atomic E-state index is -1.10. The van der Waals surface area contributed by atoms with Gasteiger partial charge >= 0.3 is 5.97 Å². The van der Waals surface area contributed by atoms with Crippen LogP contribution in [0.15, 0.2) is 60.7 Å². The van der Waals surface area contributed by atoms with Crippen LogP contribution in [-0.2, 0) is 14.3 Å². The summed E-state index contributed by atoms with van der Waals surface area (Å²) in [7, 11) is 0. The highest BCUT2D eigenvalue weighted by molar-refractivity contribution is 6.33. The van der Waals surface area contributed by atoms with E-state index in [2.05, 4.69) is 6.92 Å². The maximum atomic E-state index is 13.7. The topological polar surface area (TPSA) is 130 Å². The van der Waals surface area contributed by atoms with Gasteiger partial charge < -0.3 is 24.8 Å². The van der Waals surface area contributed by atoms with Gasteiger partial charge in [-0.1, -0.05) is 56.2 Å². The zero-order valence-corrected chi connectivity index (χ0v) is 24.5. The largest absolute Gasteiger partial charge is 0.507 e. The molecule has 8 nitrogen and oxygen atoms in total. The Morgan fingerprint density at radius 2 is 1.74 bits per heavy atom. The van der Waals surface area contributed by atoms with Crippen molar-refractivity contribution in [3.8, 4) is 11.5 Å². The van der Waals surface area contributed by atoms with Gasteiger partial charge in [0, 0.05) is 40.1 Å². The number of carbonyl (C=O) groups excluding carboxylic acids is 3. The second-order valence-electron chi connectivity index (χ2n) is 11.3. The minimum Gasteiger partial charge on any atom is -0.507 e. The predicted octanol–water partition coefficient (Wildman–Crippen LogP) is 6.15. The van der Waals surface area contributed by atoms with Crippen LogP contribution in [0.25, 0.3) is 10.8 Å². The van der Waals surface area contributed by atoms with Crippen molar-refractivity contribution in [2.45, 2.75) is 77.3 Å². The molecule has 3 aromatic carbocycles. The van der Waals surface area contributed by atoms with Gasteiger partial charge in [-0.2, -0.15) is 0 Å². The van der Waals surface area contributed by atoms with E-state index in [0.717, 1.165) is 31.2 Å². The maximum absolute atomic E-state index is 13.7. The molecule has 0 bridgehead atoms. The van der Waals surface area contributed by atoms with E-state index >= 15 is 0 Å². The quantitative estimate of drug-likeness (QED) is 0.0973. The van der Waals surface area contributed by atoms with Crippen LogP contribution in [0.4, 0.5) is 0 Å². The van der Waals surface area contributed by atoms with Gasteiger partial charge in [0.15, 0.2) is 17.7 Å². The Labute approximate surface area is 250 Å². The van der Waals surface area contributed by atoms with Crippen LogP contribution in [0.1, 0.15) is 95.0 Å². The van der Waals surface area contributed by atoms with Gasteiger partial charge in [-0.25, -0.2) is 4.79 Å². The SMILES string of the molecule is CCCCCC=CC=CC(=O)O[C@H]1[C@@H](O)C[C@H](c2ccc3c(c2O)C(=O)c2ccc4cc(C)cc(O)c4c2C3=O)O[C@@H]1C. The van der Waals surface area contributed by atoms with Crippen LogP contribution < -0.4 is 0 Å². The second kappa shape index (κ2) is 12.5. The van der Waals surface area contributed by atoms with E-state index in [1.807, 2.05) is 19.1 Å².